The Kier molecular flexibility index (Phi) is 3.36. The van der Waals surface area contributed by atoms with Crippen molar-refractivity contribution in [3.8, 4) is 0 Å². The first-order valence-corrected chi connectivity index (χ1v) is 7.18. The summed E-state index contributed by atoms with van der Waals surface area (Å²) in [5.74, 6) is 4.62. The molecule has 0 aliphatic heterocycles. The van der Waals surface area contributed by atoms with E-state index in [-0.39, 0.29) is 0 Å². The minimum absolute atomic E-state index is 0.546. The van der Waals surface area contributed by atoms with Crippen molar-refractivity contribution in [3.63, 3.8) is 0 Å². The minimum atomic E-state index is 0.546. The summed E-state index contributed by atoms with van der Waals surface area (Å²) >= 11 is 0. The van der Waals surface area contributed by atoms with Crippen LogP contribution in [-0.2, 0) is 0 Å². The van der Waals surface area contributed by atoms with Gasteiger partial charge in [-0.15, -0.1) is 0 Å². The Balaban J connectivity index is 1.87. The van der Waals surface area contributed by atoms with E-state index >= 15 is 0 Å². The van der Waals surface area contributed by atoms with E-state index in [2.05, 4.69) is 27.7 Å². The minimum Gasteiger partial charge on any atom is -0.330 e. The van der Waals surface area contributed by atoms with E-state index in [1.54, 1.807) is 0 Å². The average Bonchev–Trinajstić information content (AvgIpc) is 2.80. The highest BCUT2D eigenvalue weighted by Gasteiger charge is 2.59. The fourth-order valence-corrected chi connectivity index (χ4v) is 4.34. The largest absolute Gasteiger partial charge is 0.330 e. The van der Waals surface area contributed by atoms with E-state index < -0.39 is 0 Å². The first-order valence-electron chi connectivity index (χ1n) is 7.18. The van der Waals surface area contributed by atoms with Gasteiger partial charge in [-0.1, -0.05) is 27.7 Å². The molecule has 0 aromatic heterocycles. The second-order valence-electron chi connectivity index (χ2n) is 7.11. The Bertz CT molecular complexity index is 236. The van der Waals surface area contributed by atoms with Crippen LogP contribution in [0.1, 0.15) is 53.4 Å². The van der Waals surface area contributed by atoms with Gasteiger partial charge in [0.15, 0.2) is 0 Å². The maximum atomic E-state index is 5.88. The lowest BCUT2D eigenvalue weighted by Crippen LogP contribution is -2.21. The molecule has 0 heterocycles. The second kappa shape index (κ2) is 4.33. The van der Waals surface area contributed by atoms with Crippen LogP contribution < -0.4 is 5.73 Å². The summed E-state index contributed by atoms with van der Waals surface area (Å²) in [4.78, 5) is 0. The molecule has 2 atom stereocenters. The molecule has 16 heavy (non-hydrogen) atoms. The molecule has 1 heteroatoms. The van der Waals surface area contributed by atoms with Crippen molar-refractivity contribution in [2.24, 2.45) is 40.7 Å². The van der Waals surface area contributed by atoms with Gasteiger partial charge in [-0.05, 0) is 67.2 Å². The molecular weight excluding hydrogens is 194 g/mol. The molecular formula is C15H29N. The van der Waals surface area contributed by atoms with Crippen LogP contribution in [0.2, 0.25) is 0 Å². The monoisotopic (exact) mass is 223 g/mol. The molecule has 0 aromatic carbocycles. The normalized spacial score (nSPS) is 42.4. The highest BCUT2D eigenvalue weighted by molar-refractivity contribution is 5.08. The van der Waals surface area contributed by atoms with Gasteiger partial charge >= 0.3 is 0 Å². The molecule has 2 aliphatic rings. The predicted octanol–water partition coefficient (Wildman–Crippen LogP) is 3.68. The van der Waals surface area contributed by atoms with Gasteiger partial charge < -0.3 is 5.73 Å². The zero-order valence-corrected chi connectivity index (χ0v) is 11.5. The maximum absolute atomic E-state index is 5.88. The average molecular weight is 223 g/mol. The first kappa shape index (κ1) is 12.4. The molecule has 0 saturated heterocycles. The van der Waals surface area contributed by atoms with Gasteiger partial charge in [0, 0.05) is 0 Å². The highest BCUT2D eigenvalue weighted by atomic mass is 14.7. The molecule has 2 rings (SSSR count). The molecule has 94 valence electrons. The van der Waals surface area contributed by atoms with E-state index in [0.717, 1.165) is 36.1 Å². The topological polar surface area (TPSA) is 26.0 Å². The van der Waals surface area contributed by atoms with Crippen molar-refractivity contribution in [2.75, 3.05) is 6.54 Å². The lowest BCUT2D eigenvalue weighted by atomic mass is 9.74. The first-order chi connectivity index (χ1) is 7.48. The summed E-state index contributed by atoms with van der Waals surface area (Å²) < 4.78 is 0. The molecule has 0 unspecified atom stereocenters. The second-order valence-corrected chi connectivity index (χ2v) is 7.11. The summed E-state index contributed by atoms with van der Waals surface area (Å²) in [6, 6.07) is 0. The molecule has 0 spiro atoms. The van der Waals surface area contributed by atoms with E-state index in [4.69, 9.17) is 5.73 Å². The standard InChI is InChI=1S/C15H29N/c1-10(2)11-5-7-12(8-6-11)14-13(9-16)15(14,3)4/h10-14H,5-9,16H2,1-4H3/t11?,12?,13-,14-/m1/s1. The molecule has 0 aromatic rings. The van der Waals surface area contributed by atoms with Crippen molar-refractivity contribution in [2.45, 2.75) is 53.4 Å². The van der Waals surface area contributed by atoms with Crippen LogP contribution in [0.25, 0.3) is 0 Å². The number of rotatable bonds is 3. The Morgan fingerprint density at radius 3 is 2.06 bits per heavy atom. The maximum Gasteiger partial charge on any atom is -0.00407 e. The van der Waals surface area contributed by atoms with Crippen LogP contribution >= 0.6 is 0 Å². The van der Waals surface area contributed by atoms with Gasteiger partial charge in [0.1, 0.15) is 0 Å². The van der Waals surface area contributed by atoms with Gasteiger partial charge in [0.05, 0.1) is 0 Å². The van der Waals surface area contributed by atoms with Crippen molar-refractivity contribution in [1.29, 1.82) is 0 Å². The van der Waals surface area contributed by atoms with Crippen molar-refractivity contribution in [1.82, 2.24) is 0 Å². The van der Waals surface area contributed by atoms with Crippen molar-refractivity contribution >= 4 is 0 Å². The van der Waals surface area contributed by atoms with Crippen LogP contribution in [0.3, 0.4) is 0 Å². The van der Waals surface area contributed by atoms with Crippen LogP contribution in [0.4, 0.5) is 0 Å². The van der Waals surface area contributed by atoms with Crippen molar-refractivity contribution in [3.05, 3.63) is 0 Å². The van der Waals surface area contributed by atoms with E-state index in [1.807, 2.05) is 0 Å². The third kappa shape index (κ3) is 2.03. The van der Waals surface area contributed by atoms with Crippen LogP contribution in [0.5, 0.6) is 0 Å². The Labute approximate surface area is 101 Å². The summed E-state index contributed by atoms with van der Waals surface area (Å²) in [7, 11) is 0. The molecule has 0 radical (unpaired) electrons. The van der Waals surface area contributed by atoms with Gasteiger partial charge in [-0.2, -0.15) is 0 Å². The SMILES string of the molecule is CC(C)C1CCC([C@@H]2[C@@H](CN)C2(C)C)CC1. The van der Waals surface area contributed by atoms with Crippen LogP contribution in [0.15, 0.2) is 0 Å². The Morgan fingerprint density at radius 2 is 1.69 bits per heavy atom. The zero-order chi connectivity index (χ0) is 11.9. The molecule has 0 bridgehead atoms. The molecule has 0 amide bonds. The quantitative estimate of drug-likeness (QED) is 0.776. The molecule has 2 fully saturated rings. The third-order valence-corrected chi connectivity index (χ3v) is 5.66. The smallest absolute Gasteiger partial charge is 0.00407 e. The van der Waals surface area contributed by atoms with Crippen molar-refractivity contribution < 1.29 is 0 Å². The van der Waals surface area contributed by atoms with E-state index in [1.165, 1.54) is 25.7 Å². The highest BCUT2D eigenvalue weighted by Crippen LogP contribution is 2.63. The van der Waals surface area contributed by atoms with Crippen LogP contribution in [-0.4, -0.2) is 6.54 Å². The van der Waals surface area contributed by atoms with Gasteiger partial charge in [0.2, 0.25) is 0 Å². The predicted molar refractivity (Wildman–Crippen MR) is 70.1 cm³/mol. The third-order valence-electron chi connectivity index (χ3n) is 5.66. The fourth-order valence-electron chi connectivity index (χ4n) is 4.34. The van der Waals surface area contributed by atoms with Gasteiger partial charge in [-0.25, -0.2) is 0 Å². The lowest BCUT2D eigenvalue weighted by molar-refractivity contribution is 0.195. The molecule has 1 nitrogen and oxygen atoms in total. The molecule has 2 aliphatic carbocycles. The number of nitrogens with two attached hydrogens (primary N) is 1. The summed E-state index contributed by atoms with van der Waals surface area (Å²) in [6.45, 7) is 10.5. The Hall–Kier alpha value is -0.0400. The number of hydrogen-bond acceptors (Lipinski definition) is 1. The van der Waals surface area contributed by atoms with Crippen LogP contribution in [0, 0.1) is 35.0 Å². The summed E-state index contributed by atoms with van der Waals surface area (Å²) in [5, 5.41) is 0. The zero-order valence-electron chi connectivity index (χ0n) is 11.5. The molecule has 2 saturated carbocycles. The Morgan fingerprint density at radius 1 is 1.12 bits per heavy atom. The number of hydrogen-bond donors (Lipinski definition) is 1. The summed E-state index contributed by atoms with van der Waals surface area (Å²) in [6.07, 6.45) is 5.86. The lowest BCUT2D eigenvalue weighted by Gasteiger charge is -2.31. The van der Waals surface area contributed by atoms with Gasteiger partial charge in [0.25, 0.3) is 0 Å². The molecule has 2 N–H and O–H groups in total. The fraction of sp³-hybridized carbons (Fsp3) is 1.00. The van der Waals surface area contributed by atoms with Gasteiger partial charge in [-0.3, -0.25) is 0 Å². The summed E-state index contributed by atoms with van der Waals surface area (Å²) in [5.41, 5.74) is 6.43. The van der Waals surface area contributed by atoms with E-state index in [0.29, 0.717) is 5.41 Å². The van der Waals surface area contributed by atoms with E-state index in [9.17, 15) is 0 Å².